The molecule has 1 N–H and O–H groups in total. The Morgan fingerprint density at radius 3 is 2.43 bits per heavy atom. The van der Waals surface area contributed by atoms with E-state index in [1.165, 1.54) is 16.2 Å². The van der Waals surface area contributed by atoms with E-state index < -0.39 is 0 Å². The number of carbonyl (C=O) groups excluding carboxylic acids is 3. The van der Waals surface area contributed by atoms with Gasteiger partial charge in [0, 0.05) is 18.5 Å². The first-order valence-electron chi connectivity index (χ1n) is 11.5. The molecule has 0 saturated carbocycles. The molecular weight excluding hydrogens is 468 g/mol. The molecule has 0 spiro atoms. The Bertz CT molecular complexity index is 1210. The summed E-state index contributed by atoms with van der Waals surface area (Å²) >= 11 is 1.20. The summed E-state index contributed by atoms with van der Waals surface area (Å²) in [6.07, 6.45) is 2.30. The number of amides is 3. The van der Waals surface area contributed by atoms with Crippen molar-refractivity contribution in [2.45, 2.75) is 33.1 Å². The fraction of sp³-hybridized carbons (Fsp3) is 0.320. The second-order valence-corrected chi connectivity index (χ2v) is 8.87. The van der Waals surface area contributed by atoms with Crippen molar-refractivity contribution in [3.05, 3.63) is 64.2 Å². The van der Waals surface area contributed by atoms with E-state index in [1.54, 1.807) is 42.5 Å². The highest BCUT2D eigenvalue weighted by atomic mass is 32.1. The van der Waals surface area contributed by atoms with Crippen molar-refractivity contribution in [2.75, 3.05) is 25.1 Å². The van der Waals surface area contributed by atoms with E-state index in [2.05, 4.69) is 22.4 Å². The number of hydrogen-bond donors (Lipinski definition) is 1. The van der Waals surface area contributed by atoms with E-state index >= 15 is 0 Å². The van der Waals surface area contributed by atoms with Crippen LogP contribution >= 0.6 is 11.3 Å². The van der Waals surface area contributed by atoms with Crippen LogP contribution in [0.15, 0.2) is 42.5 Å². The number of rotatable bonds is 11. The van der Waals surface area contributed by atoms with Crippen LogP contribution in [0.3, 0.4) is 0 Å². The SMILES string of the molecule is CCCCOc1ccc(C(=O)Nc2nnc(CCN3C(=O)c4ccccc4C3=O)s2)cc1OCC. The lowest BCUT2D eigenvalue weighted by atomic mass is 10.1. The molecule has 2 aromatic carbocycles. The number of fused-ring (bicyclic) bond motifs is 1. The van der Waals surface area contributed by atoms with Crippen LogP contribution in [0, 0.1) is 0 Å². The van der Waals surface area contributed by atoms with Crippen molar-refractivity contribution in [1.82, 2.24) is 15.1 Å². The summed E-state index contributed by atoms with van der Waals surface area (Å²) < 4.78 is 11.4. The van der Waals surface area contributed by atoms with Gasteiger partial charge >= 0.3 is 0 Å². The van der Waals surface area contributed by atoms with Gasteiger partial charge in [0.15, 0.2) is 11.5 Å². The third-order valence-corrected chi connectivity index (χ3v) is 6.27. The molecule has 0 radical (unpaired) electrons. The molecule has 1 aromatic heterocycles. The van der Waals surface area contributed by atoms with Gasteiger partial charge in [-0.05, 0) is 43.7 Å². The van der Waals surface area contributed by atoms with E-state index in [0.717, 1.165) is 12.8 Å². The van der Waals surface area contributed by atoms with Gasteiger partial charge in [-0.15, -0.1) is 10.2 Å². The normalized spacial score (nSPS) is 12.6. The topological polar surface area (TPSA) is 111 Å². The van der Waals surface area contributed by atoms with Gasteiger partial charge in [-0.2, -0.15) is 0 Å². The van der Waals surface area contributed by atoms with Crippen molar-refractivity contribution in [3.8, 4) is 11.5 Å². The Labute approximate surface area is 207 Å². The minimum atomic E-state index is -0.353. The van der Waals surface area contributed by atoms with Gasteiger partial charge in [-0.3, -0.25) is 24.6 Å². The predicted octanol–water partition coefficient (Wildman–Crippen LogP) is 4.21. The molecule has 3 amide bonds. The summed E-state index contributed by atoms with van der Waals surface area (Å²) in [5.41, 5.74) is 1.23. The summed E-state index contributed by atoms with van der Waals surface area (Å²) in [4.78, 5) is 39.0. The Morgan fingerprint density at radius 2 is 1.74 bits per heavy atom. The van der Waals surface area contributed by atoms with Crippen LogP contribution in [0.1, 0.15) is 62.8 Å². The zero-order valence-electron chi connectivity index (χ0n) is 19.6. The summed E-state index contributed by atoms with van der Waals surface area (Å²) in [7, 11) is 0. The van der Waals surface area contributed by atoms with Crippen LogP contribution in [0.5, 0.6) is 11.5 Å². The summed E-state index contributed by atoms with van der Waals surface area (Å²) in [6, 6.07) is 11.8. The largest absolute Gasteiger partial charge is 0.490 e. The Kier molecular flexibility index (Phi) is 7.71. The highest BCUT2D eigenvalue weighted by Gasteiger charge is 2.34. The monoisotopic (exact) mass is 494 g/mol. The number of unbranched alkanes of at least 4 members (excludes halogenated alkanes) is 1. The Hall–Kier alpha value is -3.79. The number of nitrogens with one attached hydrogen (secondary N) is 1. The lowest BCUT2D eigenvalue weighted by molar-refractivity contribution is 0.0655. The summed E-state index contributed by atoms with van der Waals surface area (Å²) in [6.45, 7) is 5.17. The molecule has 4 rings (SSSR count). The molecule has 9 nitrogen and oxygen atoms in total. The number of nitrogens with zero attached hydrogens (tertiary/aromatic N) is 3. The lowest BCUT2D eigenvalue weighted by Gasteiger charge is -2.13. The van der Waals surface area contributed by atoms with Crippen molar-refractivity contribution in [1.29, 1.82) is 0 Å². The number of hydrogen-bond acceptors (Lipinski definition) is 8. The molecule has 2 heterocycles. The molecule has 1 aliphatic rings. The average molecular weight is 495 g/mol. The number of anilines is 1. The van der Waals surface area contributed by atoms with Gasteiger partial charge in [0.1, 0.15) is 5.01 Å². The standard InChI is InChI=1S/C25H26N4O5S/c1-3-5-14-34-19-11-10-16(15-20(19)33-4-2)22(30)26-25-28-27-21(35-25)12-13-29-23(31)17-8-6-7-9-18(17)24(29)32/h6-11,15H,3-5,12-14H2,1-2H3,(H,26,28,30). The number of aromatic nitrogens is 2. The first-order valence-corrected chi connectivity index (χ1v) is 12.3. The van der Waals surface area contributed by atoms with Crippen LogP contribution < -0.4 is 14.8 Å². The number of benzene rings is 2. The molecule has 0 aliphatic carbocycles. The maximum atomic E-state index is 12.8. The smallest absolute Gasteiger partial charge is 0.261 e. The molecule has 0 saturated heterocycles. The zero-order valence-corrected chi connectivity index (χ0v) is 20.4. The molecular formula is C25H26N4O5S. The minimum Gasteiger partial charge on any atom is -0.490 e. The van der Waals surface area contributed by atoms with Crippen molar-refractivity contribution in [2.24, 2.45) is 0 Å². The van der Waals surface area contributed by atoms with Crippen molar-refractivity contribution < 1.29 is 23.9 Å². The highest BCUT2D eigenvalue weighted by molar-refractivity contribution is 7.15. The number of ether oxygens (including phenoxy) is 2. The van der Waals surface area contributed by atoms with Crippen LogP contribution in [-0.4, -0.2) is 52.6 Å². The van der Waals surface area contributed by atoms with Gasteiger partial charge in [0.05, 0.1) is 24.3 Å². The maximum Gasteiger partial charge on any atom is 0.261 e. The number of carbonyl (C=O) groups is 3. The number of imide groups is 1. The second-order valence-electron chi connectivity index (χ2n) is 7.81. The molecule has 35 heavy (non-hydrogen) atoms. The van der Waals surface area contributed by atoms with Crippen LogP contribution in [-0.2, 0) is 6.42 Å². The van der Waals surface area contributed by atoms with Gasteiger partial charge in [0.25, 0.3) is 17.7 Å². The van der Waals surface area contributed by atoms with Crippen LogP contribution in [0.4, 0.5) is 5.13 Å². The molecule has 182 valence electrons. The Morgan fingerprint density at radius 1 is 1.00 bits per heavy atom. The molecule has 0 unspecified atom stereocenters. The van der Waals surface area contributed by atoms with E-state index in [0.29, 0.717) is 58.0 Å². The second kappa shape index (κ2) is 11.1. The van der Waals surface area contributed by atoms with Crippen molar-refractivity contribution in [3.63, 3.8) is 0 Å². The third kappa shape index (κ3) is 5.48. The van der Waals surface area contributed by atoms with E-state index in [-0.39, 0.29) is 24.3 Å². The van der Waals surface area contributed by atoms with Gasteiger partial charge in [-0.25, -0.2) is 0 Å². The molecule has 0 fully saturated rings. The zero-order chi connectivity index (χ0) is 24.8. The minimum absolute atomic E-state index is 0.187. The fourth-order valence-electron chi connectivity index (χ4n) is 3.59. The molecule has 10 heteroatoms. The average Bonchev–Trinajstić information content (AvgIpc) is 3.41. The predicted molar refractivity (Wildman–Crippen MR) is 131 cm³/mol. The first-order chi connectivity index (χ1) is 17.0. The molecule has 1 aliphatic heterocycles. The van der Waals surface area contributed by atoms with E-state index in [9.17, 15) is 14.4 Å². The highest BCUT2D eigenvalue weighted by Crippen LogP contribution is 2.29. The first kappa shape index (κ1) is 24.3. The van der Waals surface area contributed by atoms with Gasteiger partial charge in [0.2, 0.25) is 5.13 Å². The third-order valence-electron chi connectivity index (χ3n) is 5.38. The van der Waals surface area contributed by atoms with E-state index in [1.807, 2.05) is 6.92 Å². The molecule has 0 bridgehead atoms. The fourth-order valence-corrected chi connectivity index (χ4v) is 4.31. The molecule has 0 atom stereocenters. The maximum absolute atomic E-state index is 12.8. The summed E-state index contributed by atoms with van der Waals surface area (Å²) in [5, 5.41) is 11.8. The summed E-state index contributed by atoms with van der Waals surface area (Å²) in [5.74, 6) is 0.138. The van der Waals surface area contributed by atoms with Crippen molar-refractivity contribution >= 4 is 34.2 Å². The van der Waals surface area contributed by atoms with Gasteiger partial charge in [-0.1, -0.05) is 36.8 Å². The van der Waals surface area contributed by atoms with Gasteiger partial charge < -0.3 is 9.47 Å². The Balaban J connectivity index is 1.36. The lowest BCUT2D eigenvalue weighted by Crippen LogP contribution is -2.31. The van der Waals surface area contributed by atoms with E-state index in [4.69, 9.17) is 9.47 Å². The molecule has 3 aromatic rings. The van der Waals surface area contributed by atoms with Crippen LogP contribution in [0.25, 0.3) is 0 Å². The van der Waals surface area contributed by atoms with Crippen LogP contribution in [0.2, 0.25) is 0 Å². The quantitative estimate of drug-likeness (QED) is 0.314.